The van der Waals surface area contributed by atoms with Crippen LogP contribution < -0.4 is 0 Å². The zero-order valence-electron chi connectivity index (χ0n) is 9.82. The smallest absolute Gasteiger partial charge is 0.139 e. The molecule has 17 heavy (non-hydrogen) atoms. The molecule has 0 bridgehead atoms. The lowest BCUT2D eigenvalue weighted by Crippen LogP contribution is -2.23. The van der Waals surface area contributed by atoms with E-state index < -0.39 is 0 Å². The molecule has 1 fully saturated rings. The average molecular weight is 236 g/mol. The van der Waals surface area contributed by atoms with Crippen molar-refractivity contribution in [2.45, 2.75) is 38.2 Å². The van der Waals surface area contributed by atoms with Crippen LogP contribution in [-0.4, -0.2) is 18.5 Å². The maximum Gasteiger partial charge on any atom is 0.139 e. The van der Waals surface area contributed by atoms with Gasteiger partial charge in [0.1, 0.15) is 11.6 Å². The minimum absolute atomic E-state index is 0.0942. The number of carbonyl (C=O) groups excluding carboxylic acids is 1. The monoisotopic (exact) mass is 236 g/mol. The van der Waals surface area contributed by atoms with Gasteiger partial charge in [-0.25, -0.2) is 4.39 Å². The Labute approximate surface area is 101 Å². The summed E-state index contributed by atoms with van der Waals surface area (Å²) in [6, 6.07) is 6.10. The zero-order chi connectivity index (χ0) is 12.1. The second-order valence-electron chi connectivity index (χ2n) is 4.53. The highest BCUT2D eigenvalue weighted by molar-refractivity contribution is 5.81. The third kappa shape index (κ3) is 3.93. The summed E-state index contributed by atoms with van der Waals surface area (Å²) in [4.78, 5) is 11.8. The molecule has 1 saturated heterocycles. The first-order chi connectivity index (χ1) is 8.24. The summed E-state index contributed by atoms with van der Waals surface area (Å²) in [5.74, 6) is -0.0969. The highest BCUT2D eigenvalue weighted by Gasteiger charge is 2.17. The van der Waals surface area contributed by atoms with Gasteiger partial charge >= 0.3 is 0 Å². The number of ketones is 1. The Bertz CT molecular complexity index is 366. The van der Waals surface area contributed by atoms with E-state index in [1.807, 2.05) is 0 Å². The average Bonchev–Trinajstić information content (AvgIpc) is 2.33. The molecule has 0 aliphatic carbocycles. The second kappa shape index (κ2) is 5.92. The van der Waals surface area contributed by atoms with Gasteiger partial charge in [-0.2, -0.15) is 0 Å². The third-order valence-electron chi connectivity index (χ3n) is 3.04. The van der Waals surface area contributed by atoms with Gasteiger partial charge in [0.2, 0.25) is 0 Å². The highest BCUT2D eigenvalue weighted by atomic mass is 19.1. The fourth-order valence-corrected chi connectivity index (χ4v) is 2.12. The predicted octanol–water partition coefficient (Wildman–Crippen LogP) is 2.90. The Morgan fingerprint density at radius 3 is 2.71 bits per heavy atom. The molecule has 2 rings (SSSR count). The van der Waals surface area contributed by atoms with E-state index in [2.05, 4.69) is 0 Å². The molecule has 0 aromatic heterocycles. The normalized spacial score (nSPS) is 20.2. The fourth-order valence-electron chi connectivity index (χ4n) is 2.12. The topological polar surface area (TPSA) is 26.3 Å². The van der Waals surface area contributed by atoms with Gasteiger partial charge in [-0.15, -0.1) is 0 Å². The third-order valence-corrected chi connectivity index (χ3v) is 3.04. The van der Waals surface area contributed by atoms with Crippen molar-refractivity contribution >= 4 is 5.78 Å². The van der Waals surface area contributed by atoms with Crippen LogP contribution in [-0.2, 0) is 16.0 Å². The summed E-state index contributed by atoms with van der Waals surface area (Å²) in [6.07, 6.45) is 4.18. The summed E-state index contributed by atoms with van der Waals surface area (Å²) in [7, 11) is 0. The molecular weight excluding hydrogens is 219 g/mol. The van der Waals surface area contributed by atoms with Crippen LogP contribution in [0.3, 0.4) is 0 Å². The standard InChI is InChI=1S/C14H17FO2/c15-12-6-4-11(5-7-12)9-13(16)10-14-3-1-2-8-17-14/h4-7,14H,1-3,8-10H2. The van der Waals surface area contributed by atoms with Crippen LogP contribution in [0.5, 0.6) is 0 Å². The van der Waals surface area contributed by atoms with Gasteiger partial charge in [-0.1, -0.05) is 12.1 Å². The summed E-state index contributed by atoms with van der Waals surface area (Å²) in [5.41, 5.74) is 0.868. The molecule has 1 heterocycles. The number of benzene rings is 1. The molecular formula is C14H17FO2. The first-order valence-corrected chi connectivity index (χ1v) is 6.12. The van der Waals surface area contributed by atoms with Crippen LogP contribution in [0.25, 0.3) is 0 Å². The number of rotatable bonds is 4. The van der Waals surface area contributed by atoms with E-state index in [0.29, 0.717) is 12.8 Å². The van der Waals surface area contributed by atoms with Gasteiger partial charge in [0.15, 0.2) is 0 Å². The van der Waals surface area contributed by atoms with E-state index in [9.17, 15) is 9.18 Å². The molecule has 92 valence electrons. The van der Waals surface area contributed by atoms with Gasteiger partial charge in [-0.3, -0.25) is 4.79 Å². The lowest BCUT2D eigenvalue weighted by atomic mass is 10.0. The van der Waals surface area contributed by atoms with Crippen LogP contribution in [0.4, 0.5) is 4.39 Å². The summed E-state index contributed by atoms with van der Waals surface area (Å²) in [5, 5.41) is 0. The Balaban J connectivity index is 1.82. The van der Waals surface area contributed by atoms with Gasteiger partial charge in [-0.05, 0) is 37.0 Å². The van der Waals surface area contributed by atoms with Gasteiger partial charge in [0.25, 0.3) is 0 Å². The van der Waals surface area contributed by atoms with Crippen LogP contribution in [0, 0.1) is 5.82 Å². The molecule has 1 aliphatic heterocycles. The zero-order valence-corrected chi connectivity index (χ0v) is 9.82. The summed E-state index contributed by atoms with van der Waals surface area (Å²) in [6.45, 7) is 0.772. The fraction of sp³-hybridized carbons (Fsp3) is 0.500. The Morgan fingerprint density at radius 2 is 2.06 bits per heavy atom. The lowest BCUT2D eigenvalue weighted by Gasteiger charge is -2.21. The van der Waals surface area contributed by atoms with Gasteiger partial charge in [0, 0.05) is 19.4 Å². The SMILES string of the molecule is O=C(Cc1ccc(F)cc1)CC1CCCCO1. The molecule has 0 amide bonds. The second-order valence-corrected chi connectivity index (χ2v) is 4.53. The molecule has 3 heteroatoms. The van der Waals surface area contributed by atoms with Crippen LogP contribution >= 0.6 is 0 Å². The van der Waals surface area contributed by atoms with Gasteiger partial charge in [0.05, 0.1) is 6.10 Å². The van der Waals surface area contributed by atoms with Gasteiger partial charge < -0.3 is 4.74 Å². The Morgan fingerprint density at radius 1 is 1.29 bits per heavy atom. The summed E-state index contributed by atoms with van der Waals surface area (Å²) >= 11 is 0. The van der Waals surface area contributed by atoms with Crippen molar-refractivity contribution < 1.29 is 13.9 Å². The van der Waals surface area contributed by atoms with Crippen molar-refractivity contribution in [2.75, 3.05) is 6.61 Å². The van der Waals surface area contributed by atoms with E-state index in [1.54, 1.807) is 12.1 Å². The number of carbonyl (C=O) groups is 1. The minimum atomic E-state index is -0.267. The maximum absolute atomic E-state index is 12.7. The number of Topliss-reactive ketones (excluding diaryl/α,β-unsaturated/α-hetero) is 1. The minimum Gasteiger partial charge on any atom is -0.378 e. The van der Waals surface area contributed by atoms with E-state index in [0.717, 1.165) is 31.4 Å². The van der Waals surface area contributed by atoms with E-state index >= 15 is 0 Å². The number of hydrogen-bond donors (Lipinski definition) is 0. The number of hydrogen-bond acceptors (Lipinski definition) is 2. The van der Waals surface area contributed by atoms with E-state index in [-0.39, 0.29) is 17.7 Å². The molecule has 1 aromatic carbocycles. The molecule has 0 radical (unpaired) electrons. The highest BCUT2D eigenvalue weighted by Crippen LogP contribution is 2.16. The molecule has 1 aromatic rings. The molecule has 1 unspecified atom stereocenters. The predicted molar refractivity (Wildman–Crippen MR) is 63.3 cm³/mol. The molecule has 0 saturated carbocycles. The molecule has 0 spiro atoms. The number of ether oxygens (including phenoxy) is 1. The van der Waals surface area contributed by atoms with Crippen LogP contribution in [0.15, 0.2) is 24.3 Å². The first-order valence-electron chi connectivity index (χ1n) is 6.12. The van der Waals surface area contributed by atoms with Crippen molar-refractivity contribution in [1.29, 1.82) is 0 Å². The van der Waals surface area contributed by atoms with Crippen molar-refractivity contribution in [3.63, 3.8) is 0 Å². The van der Waals surface area contributed by atoms with Crippen LogP contribution in [0.2, 0.25) is 0 Å². The first kappa shape index (κ1) is 12.2. The Hall–Kier alpha value is -1.22. The van der Waals surface area contributed by atoms with Crippen molar-refractivity contribution in [2.24, 2.45) is 0 Å². The van der Waals surface area contributed by atoms with Crippen molar-refractivity contribution in [3.05, 3.63) is 35.6 Å². The van der Waals surface area contributed by atoms with Crippen molar-refractivity contribution in [1.82, 2.24) is 0 Å². The van der Waals surface area contributed by atoms with E-state index in [1.165, 1.54) is 12.1 Å². The molecule has 0 N–H and O–H groups in total. The lowest BCUT2D eigenvalue weighted by molar-refractivity contribution is -0.122. The van der Waals surface area contributed by atoms with E-state index in [4.69, 9.17) is 4.74 Å². The Kier molecular flexibility index (Phi) is 4.26. The largest absolute Gasteiger partial charge is 0.378 e. The maximum atomic E-state index is 12.7. The molecule has 2 nitrogen and oxygen atoms in total. The number of halogens is 1. The summed E-state index contributed by atoms with van der Waals surface area (Å²) < 4.78 is 18.2. The van der Waals surface area contributed by atoms with Crippen LogP contribution in [0.1, 0.15) is 31.2 Å². The van der Waals surface area contributed by atoms with Crippen molar-refractivity contribution in [3.8, 4) is 0 Å². The molecule has 1 atom stereocenters. The quantitative estimate of drug-likeness (QED) is 0.803. The molecule has 1 aliphatic rings.